The third-order valence-corrected chi connectivity index (χ3v) is 7.38. The lowest BCUT2D eigenvalue weighted by Gasteiger charge is -2.21. The van der Waals surface area contributed by atoms with Crippen LogP contribution in [0.15, 0.2) is 53.5 Å². The van der Waals surface area contributed by atoms with Crippen LogP contribution >= 0.6 is 11.3 Å². The number of nitriles is 1. The first-order chi connectivity index (χ1) is 15.7. The maximum absolute atomic E-state index is 13.3. The highest BCUT2D eigenvalue weighted by Gasteiger charge is 2.32. The summed E-state index contributed by atoms with van der Waals surface area (Å²) in [5.74, 6) is 0.779. The summed E-state index contributed by atoms with van der Waals surface area (Å²) in [6.07, 6.45) is 4.40. The highest BCUT2D eigenvalue weighted by Crippen LogP contribution is 2.43. The number of ether oxygens (including phenoxy) is 1. The topological polar surface area (TPSA) is 65.7 Å². The van der Waals surface area contributed by atoms with Crippen LogP contribution in [0.4, 0.5) is 5.00 Å². The Morgan fingerprint density at radius 1 is 1.16 bits per heavy atom. The SMILES string of the molecule is COc1ccc(C2=NCC(=O)N(Cc3cccc(C#N)c3)c3sc4c(c32)CCCC4)cc1. The largest absolute Gasteiger partial charge is 0.497 e. The monoisotopic (exact) mass is 441 g/mol. The van der Waals surface area contributed by atoms with E-state index in [9.17, 15) is 10.1 Å². The van der Waals surface area contributed by atoms with Gasteiger partial charge in [-0.3, -0.25) is 14.7 Å². The Kier molecular flexibility index (Phi) is 5.50. The predicted molar refractivity (Wildman–Crippen MR) is 127 cm³/mol. The number of fused-ring (bicyclic) bond motifs is 3. The summed E-state index contributed by atoms with van der Waals surface area (Å²) in [7, 11) is 1.66. The van der Waals surface area contributed by atoms with Gasteiger partial charge in [0.05, 0.1) is 31.0 Å². The number of hydrogen-bond donors (Lipinski definition) is 0. The first-order valence-electron chi connectivity index (χ1n) is 10.8. The molecule has 0 unspecified atom stereocenters. The fraction of sp³-hybridized carbons (Fsp3) is 0.269. The summed E-state index contributed by atoms with van der Waals surface area (Å²) in [6, 6.07) is 17.6. The number of benzene rings is 2. The van der Waals surface area contributed by atoms with Gasteiger partial charge in [-0.15, -0.1) is 11.3 Å². The summed E-state index contributed by atoms with van der Waals surface area (Å²) in [5.41, 5.74) is 5.89. The molecule has 0 atom stereocenters. The quantitative estimate of drug-likeness (QED) is 0.579. The van der Waals surface area contributed by atoms with Crippen molar-refractivity contribution in [2.24, 2.45) is 4.99 Å². The van der Waals surface area contributed by atoms with Gasteiger partial charge in [0, 0.05) is 16.0 Å². The third-order valence-electron chi connectivity index (χ3n) is 6.07. The number of anilines is 1. The van der Waals surface area contributed by atoms with Gasteiger partial charge in [-0.2, -0.15) is 5.26 Å². The van der Waals surface area contributed by atoms with E-state index in [4.69, 9.17) is 9.73 Å². The van der Waals surface area contributed by atoms with Gasteiger partial charge in [-0.05, 0) is 73.2 Å². The molecule has 1 aliphatic carbocycles. The molecule has 0 spiro atoms. The number of aliphatic imine (C=N–C) groups is 1. The van der Waals surface area contributed by atoms with Crippen molar-refractivity contribution in [3.05, 3.63) is 81.2 Å². The summed E-state index contributed by atoms with van der Waals surface area (Å²) in [6.45, 7) is 0.543. The average molecular weight is 442 g/mol. The average Bonchev–Trinajstić information content (AvgIpc) is 3.16. The van der Waals surface area contributed by atoms with Gasteiger partial charge in [-0.1, -0.05) is 12.1 Å². The zero-order chi connectivity index (χ0) is 22.1. The molecule has 2 heterocycles. The van der Waals surface area contributed by atoms with Crippen molar-refractivity contribution in [1.82, 2.24) is 0 Å². The smallest absolute Gasteiger partial charge is 0.249 e. The number of hydrogen-bond acceptors (Lipinski definition) is 5. The lowest BCUT2D eigenvalue weighted by molar-refractivity contribution is -0.117. The van der Waals surface area contributed by atoms with Crippen LogP contribution in [0.1, 0.15) is 45.5 Å². The van der Waals surface area contributed by atoms with E-state index in [1.165, 1.54) is 16.9 Å². The molecule has 1 amide bonds. The lowest BCUT2D eigenvalue weighted by Crippen LogP contribution is -2.31. The molecule has 0 bridgehead atoms. The second-order valence-corrected chi connectivity index (χ2v) is 9.16. The molecule has 0 saturated heterocycles. The number of methoxy groups -OCH3 is 1. The number of nitrogens with zero attached hydrogens (tertiary/aromatic N) is 3. The molecule has 1 aliphatic heterocycles. The summed E-state index contributed by atoms with van der Waals surface area (Å²) in [5, 5.41) is 10.3. The predicted octanol–water partition coefficient (Wildman–Crippen LogP) is 4.89. The molecule has 0 N–H and O–H groups in total. The number of carbonyl (C=O) groups is 1. The minimum Gasteiger partial charge on any atom is -0.497 e. The van der Waals surface area contributed by atoms with E-state index in [0.29, 0.717) is 12.1 Å². The second-order valence-electron chi connectivity index (χ2n) is 8.08. The molecule has 5 rings (SSSR count). The highest BCUT2D eigenvalue weighted by atomic mass is 32.1. The molecule has 6 heteroatoms. The molecule has 160 valence electrons. The highest BCUT2D eigenvalue weighted by molar-refractivity contribution is 7.17. The number of aryl methyl sites for hydroxylation is 1. The van der Waals surface area contributed by atoms with Crippen LogP contribution in [0, 0.1) is 11.3 Å². The lowest BCUT2D eigenvalue weighted by atomic mass is 9.91. The normalized spacial score (nSPS) is 15.3. The summed E-state index contributed by atoms with van der Waals surface area (Å²) in [4.78, 5) is 21.3. The first kappa shape index (κ1) is 20.5. The van der Waals surface area contributed by atoms with Gasteiger partial charge in [0.25, 0.3) is 0 Å². The Morgan fingerprint density at radius 3 is 2.75 bits per heavy atom. The number of thiophene rings is 1. The van der Waals surface area contributed by atoms with Crippen molar-refractivity contribution in [2.75, 3.05) is 18.6 Å². The maximum atomic E-state index is 13.3. The fourth-order valence-electron chi connectivity index (χ4n) is 4.48. The molecule has 2 aromatic carbocycles. The van der Waals surface area contributed by atoms with E-state index in [1.807, 2.05) is 47.4 Å². The molecule has 0 saturated carbocycles. The van der Waals surface area contributed by atoms with Gasteiger partial charge in [0.2, 0.25) is 5.91 Å². The Balaban J connectivity index is 1.62. The third kappa shape index (κ3) is 3.69. The van der Waals surface area contributed by atoms with Crippen molar-refractivity contribution in [3.8, 4) is 11.8 Å². The van der Waals surface area contributed by atoms with E-state index in [-0.39, 0.29) is 12.5 Å². The molecule has 3 aromatic rings. The van der Waals surface area contributed by atoms with Crippen LogP contribution in [0.5, 0.6) is 5.75 Å². The molecule has 1 aromatic heterocycles. The standard InChI is InChI=1S/C26H23N3O2S/c1-31-20-11-9-19(10-12-20)25-24-21-7-2-3-8-22(21)32-26(24)29(23(30)15-28-25)16-18-6-4-5-17(13-18)14-27/h4-6,9-13H,2-3,7-8,15-16H2,1H3. The number of carbonyl (C=O) groups excluding carboxylic acids is 1. The number of rotatable bonds is 4. The van der Waals surface area contributed by atoms with Crippen molar-refractivity contribution >= 4 is 28.0 Å². The van der Waals surface area contributed by atoms with Gasteiger partial charge in [-0.25, -0.2) is 0 Å². The van der Waals surface area contributed by atoms with E-state index >= 15 is 0 Å². The molecule has 0 fully saturated rings. The van der Waals surface area contributed by atoms with Gasteiger partial charge in [0.15, 0.2) is 0 Å². The number of amides is 1. The Bertz CT molecular complexity index is 1250. The van der Waals surface area contributed by atoms with E-state index in [0.717, 1.165) is 52.4 Å². The molecule has 32 heavy (non-hydrogen) atoms. The van der Waals surface area contributed by atoms with Crippen molar-refractivity contribution < 1.29 is 9.53 Å². The summed E-state index contributed by atoms with van der Waals surface area (Å²) >= 11 is 1.73. The van der Waals surface area contributed by atoms with Crippen LogP contribution in [0.2, 0.25) is 0 Å². The van der Waals surface area contributed by atoms with Crippen LogP contribution in [0.25, 0.3) is 0 Å². The van der Waals surface area contributed by atoms with Crippen molar-refractivity contribution in [2.45, 2.75) is 32.2 Å². The van der Waals surface area contributed by atoms with Gasteiger partial charge < -0.3 is 4.74 Å². The van der Waals surface area contributed by atoms with E-state index < -0.39 is 0 Å². The van der Waals surface area contributed by atoms with E-state index in [1.54, 1.807) is 24.5 Å². The first-order valence-corrected chi connectivity index (χ1v) is 11.6. The van der Waals surface area contributed by atoms with E-state index in [2.05, 4.69) is 6.07 Å². The maximum Gasteiger partial charge on any atom is 0.249 e. The molecule has 2 aliphatic rings. The van der Waals surface area contributed by atoms with Crippen LogP contribution < -0.4 is 9.64 Å². The zero-order valence-corrected chi connectivity index (χ0v) is 18.7. The van der Waals surface area contributed by atoms with Crippen molar-refractivity contribution in [1.29, 1.82) is 5.26 Å². The summed E-state index contributed by atoms with van der Waals surface area (Å²) < 4.78 is 5.32. The Labute approximate surface area is 191 Å². The minimum atomic E-state index is -0.0179. The molecule has 5 nitrogen and oxygen atoms in total. The minimum absolute atomic E-state index is 0.0179. The van der Waals surface area contributed by atoms with Crippen LogP contribution in [0.3, 0.4) is 0 Å². The van der Waals surface area contributed by atoms with Crippen molar-refractivity contribution in [3.63, 3.8) is 0 Å². The fourth-order valence-corrected chi connectivity index (χ4v) is 5.88. The molecular formula is C26H23N3O2S. The van der Waals surface area contributed by atoms with Gasteiger partial charge in [0.1, 0.15) is 17.3 Å². The molecular weight excluding hydrogens is 418 g/mol. The zero-order valence-electron chi connectivity index (χ0n) is 17.9. The Morgan fingerprint density at radius 2 is 1.97 bits per heavy atom. The second kappa shape index (κ2) is 8.60. The Hall–Kier alpha value is -3.43. The van der Waals surface area contributed by atoms with Crippen LogP contribution in [-0.4, -0.2) is 25.3 Å². The molecule has 0 radical (unpaired) electrons. The van der Waals surface area contributed by atoms with Crippen LogP contribution in [-0.2, 0) is 24.2 Å². The van der Waals surface area contributed by atoms with Gasteiger partial charge >= 0.3 is 0 Å².